The van der Waals surface area contributed by atoms with Gasteiger partial charge in [0.1, 0.15) is 0 Å². The zero-order valence-electron chi connectivity index (χ0n) is 22.6. The number of rotatable bonds is 5. The molecule has 200 valence electrons. The molecule has 8 nitrogen and oxygen atoms in total. The Balaban J connectivity index is 1.63. The fourth-order valence-corrected chi connectivity index (χ4v) is 5.10. The second kappa shape index (κ2) is 10.4. The van der Waals surface area contributed by atoms with Gasteiger partial charge in [-0.2, -0.15) is 5.10 Å². The minimum atomic E-state index is -0.203. The van der Waals surface area contributed by atoms with Gasteiger partial charge in [0.2, 0.25) is 5.95 Å². The van der Waals surface area contributed by atoms with E-state index >= 15 is 0 Å². The molecule has 1 atom stereocenters. The van der Waals surface area contributed by atoms with Crippen molar-refractivity contribution in [2.24, 2.45) is 0 Å². The van der Waals surface area contributed by atoms with Crippen LogP contribution in [0, 0.1) is 6.92 Å². The summed E-state index contributed by atoms with van der Waals surface area (Å²) in [6.07, 6.45) is 2.17. The lowest BCUT2D eigenvalue weighted by Gasteiger charge is -2.34. The molecule has 0 saturated carbocycles. The number of amides is 1. The molecule has 3 heterocycles. The van der Waals surface area contributed by atoms with E-state index in [1.165, 1.54) is 6.92 Å². The molecular formula is C30H30BrN5O3. The summed E-state index contributed by atoms with van der Waals surface area (Å²) in [6.45, 7) is 9.73. The molecule has 0 bridgehead atoms. The minimum Gasteiger partial charge on any atom is -0.330 e. The van der Waals surface area contributed by atoms with Gasteiger partial charge in [-0.05, 0) is 87.2 Å². The van der Waals surface area contributed by atoms with Gasteiger partial charge in [0, 0.05) is 33.4 Å². The molecule has 2 aromatic heterocycles. The summed E-state index contributed by atoms with van der Waals surface area (Å²) in [5.41, 5.74) is 4.54. The molecule has 0 fully saturated rings. The molecule has 4 aromatic rings. The number of hydrogen-bond donors (Lipinski definition) is 0. The number of carbonyl (C=O) groups excluding carboxylic acids is 2. The first-order valence-corrected chi connectivity index (χ1v) is 13.7. The molecule has 9 heteroatoms. The van der Waals surface area contributed by atoms with Crippen molar-refractivity contribution >= 4 is 27.6 Å². The van der Waals surface area contributed by atoms with Crippen molar-refractivity contribution in [2.75, 3.05) is 0 Å². The van der Waals surface area contributed by atoms with Crippen molar-refractivity contribution in [3.63, 3.8) is 0 Å². The standard InChI is InChI=1S/C30H30BrN5O3/c1-17(2)26-12-13-35(33-26)30-32-27-16-34(28(38)22-8-11-25(31)18(3)14-22)19(4)15-24(27)29(39)36(30)23-9-6-21(7-10-23)20(5)37/h6-14,17,19H,15-16H2,1-5H3. The number of Topliss-reactive ketones (excluding diaryl/α,β-unsaturated/α-hetero) is 1. The van der Waals surface area contributed by atoms with E-state index in [-0.39, 0.29) is 35.8 Å². The van der Waals surface area contributed by atoms with Crippen LogP contribution in [0.5, 0.6) is 0 Å². The van der Waals surface area contributed by atoms with Crippen LogP contribution in [0.15, 0.2) is 64.0 Å². The molecule has 1 aliphatic rings. The normalized spacial score (nSPS) is 14.9. The van der Waals surface area contributed by atoms with Crippen LogP contribution in [0.25, 0.3) is 11.6 Å². The smallest absolute Gasteiger partial charge is 0.263 e. The summed E-state index contributed by atoms with van der Waals surface area (Å²) < 4.78 is 4.10. The van der Waals surface area contributed by atoms with Gasteiger partial charge in [-0.1, -0.05) is 29.8 Å². The number of halogens is 1. The van der Waals surface area contributed by atoms with E-state index in [1.807, 2.05) is 32.0 Å². The zero-order chi connectivity index (χ0) is 28.0. The Bertz CT molecular complexity index is 1650. The number of ketones is 1. The molecule has 1 amide bonds. The number of aromatic nitrogens is 4. The Kier molecular flexibility index (Phi) is 7.11. The molecule has 39 heavy (non-hydrogen) atoms. The second-order valence-electron chi connectivity index (χ2n) is 10.4. The Morgan fingerprint density at radius 3 is 2.36 bits per heavy atom. The van der Waals surface area contributed by atoms with Gasteiger partial charge in [-0.3, -0.25) is 14.4 Å². The van der Waals surface area contributed by atoms with Crippen LogP contribution in [0.1, 0.15) is 76.8 Å². The number of benzene rings is 2. The van der Waals surface area contributed by atoms with Gasteiger partial charge in [0.15, 0.2) is 5.78 Å². The van der Waals surface area contributed by atoms with Gasteiger partial charge in [0.25, 0.3) is 11.5 Å². The van der Waals surface area contributed by atoms with E-state index in [9.17, 15) is 14.4 Å². The lowest BCUT2D eigenvalue weighted by atomic mass is 9.98. The quantitative estimate of drug-likeness (QED) is 0.291. The molecule has 5 rings (SSSR count). The SMILES string of the molecule is CC(=O)c1ccc(-n2c(-n3ccc(C(C)C)n3)nc3c(c2=O)CC(C)N(C(=O)c2ccc(Br)c(C)c2)C3)cc1. The fraction of sp³-hybridized carbons (Fsp3) is 0.300. The van der Waals surface area contributed by atoms with Gasteiger partial charge < -0.3 is 4.90 Å². The highest BCUT2D eigenvalue weighted by atomic mass is 79.9. The Labute approximate surface area is 235 Å². The van der Waals surface area contributed by atoms with E-state index in [0.717, 1.165) is 15.7 Å². The molecule has 0 spiro atoms. The molecule has 1 unspecified atom stereocenters. The average molecular weight is 589 g/mol. The van der Waals surface area contributed by atoms with Crippen LogP contribution in [0.4, 0.5) is 0 Å². The maximum Gasteiger partial charge on any atom is 0.263 e. The first-order chi connectivity index (χ1) is 18.5. The summed E-state index contributed by atoms with van der Waals surface area (Å²) in [5.74, 6) is 0.382. The van der Waals surface area contributed by atoms with Crippen molar-refractivity contribution in [3.8, 4) is 11.6 Å². The van der Waals surface area contributed by atoms with Crippen molar-refractivity contribution < 1.29 is 9.59 Å². The number of fused-ring (bicyclic) bond motifs is 1. The van der Waals surface area contributed by atoms with Gasteiger partial charge >= 0.3 is 0 Å². The zero-order valence-corrected chi connectivity index (χ0v) is 24.2. The van der Waals surface area contributed by atoms with E-state index < -0.39 is 0 Å². The van der Waals surface area contributed by atoms with Crippen LogP contribution in [0.2, 0.25) is 0 Å². The molecule has 0 radical (unpaired) electrons. The first-order valence-electron chi connectivity index (χ1n) is 12.9. The van der Waals surface area contributed by atoms with Crippen LogP contribution in [-0.4, -0.2) is 42.0 Å². The number of carbonyl (C=O) groups is 2. The Morgan fingerprint density at radius 1 is 1.05 bits per heavy atom. The van der Waals surface area contributed by atoms with Crippen LogP contribution in [-0.2, 0) is 13.0 Å². The summed E-state index contributed by atoms with van der Waals surface area (Å²) in [5, 5.41) is 4.69. The largest absolute Gasteiger partial charge is 0.330 e. The Hall–Kier alpha value is -3.85. The second-order valence-corrected chi connectivity index (χ2v) is 11.2. The van der Waals surface area contributed by atoms with Crippen LogP contribution >= 0.6 is 15.9 Å². The highest BCUT2D eigenvalue weighted by Crippen LogP contribution is 2.26. The first kappa shape index (κ1) is 26.7. The molecule has 0 saturated heterocycles. The fourth-order valence-electron chi connectivity index (χ4n) is 4.85. The van der Waals surface area contributed by atoms with Gasteiger partial charge in [-0.15, -0.1) is 0 Å². The lowest BCUT2D eigenvalue weighted by molar-refractivity contribution is 0.0652. The number of nitrogens with zero attached hydrogens (tertiary/aromatic N) is 5. The number of aryl methyl sites for hydroxylation is 1. The van der Waals surface area contributed by atoms with E-state index in [1.54, 1.807) is 50.7 Å². The van der Waals surface area contributed by atoms with Crippen molar-refractivity contribution in [1.82, 2.24) is 24.2 Å². The molecular weight excluding hydrogens is 558 g/mol. The predicted molar refractivity (Wildman–Crippen MR) is 153 cm³/mol. The predicted octanol–water partition coefficient (Wildman–Crippen LogP) is 5.40. The van der Waals surface area contributed by atoms with Crippen molar-refractivity contribution in [3.05, 3.63) is 103 Å². The van der Waals surface area contributed by atoms with Crippen LogP contribution in [0.3, 0.4) is 0 Å². The Morgan fingerprint density at radius 2 is 1.74 bits per heavy atom. The topological polar surface area (TPSA) is 90.1 Å². The molecule has 0 N–H and O–H groups in total. The minimum absolute atomic E-state index is 0.0501. The van der Waals surface area contributed by atoms with E-state index in [4.69, 9.17) is 10.1 Å². The highest BCUT2D eigenvalue weighted by molar-refractivity contribution is 9.10. The summed E-state index contributed by atoms with van der Waals surface area (Å²) in [6, 6.07) is 14.2. The molecule has 2 aromatic carbocycles. The highest BCUT2D eigenvalue weighted by Gasteiger charge is 2.32. The third-order valence-corrected chi connectivity index (χ3v) is 8.09. The summed E-state index contributed by atoms with van der Waals surface area (Å²) >= 11 is 3.50. The monoisotopic (exact) mass is 587 g/mol. The van der Waals surface area contributed by atoms with Gasteiger partial charge in [-0.25, -0.2) is 14.2 Å². The molecule has 1 aliphatic heterocycles. The third-order valence-electron chi connectivity index (χ3n) is 7.20. The maximum atomic E-state index is 14.0. The van der Waals surface area contributed by atoms with E-state index in [2.05, 4.69) is 29.8 Å². The van der Waals surface area contributed by atoms with E-state index in [0.29, 0.717) is 40.4 Å². The average Bonchev–Trinajstić information content (AvgIpc) is 3.41. The number of hydrogen-bond acceptors (Lipinski definition) is 5. The van der Waals surface area contributed by atoms with Crippen LogP contribution < -0.4 is 5.56 Å². The lowest BCUT2D eigenvalue weighted by Crippen LogP contribution is -2.46. The summed E-state index contributed by atoms with van der Waals surface area (Å²) in [7, 11) is 0. The summed E-state index contributed by atoms with van der Waals surface area (Å²) in [4.78, 5) is 46.1. The third kappa shape index (κ3) is 4.98. The molecule has 0 aliphatic carbocycles. The van der Waals surface area contributed by atoms with Crippen molar-refractivity contribution in [2.45, 2.75) is 59.5 Å². The van der Waals surface area contributed by atoms with Crippen molar-refractivity contribution in [1.29, 1.82) is 0 Å². The van der Waals surface area contributed by atoms with Gasteiger partial charge in [0.05, 0.1) is 23.6 Å². The maximum absolute atomic E-state index is 14.0.